The average Bonchev–Trinajstić information content (AvgIpc) is 2.68. The Hall–Kier alpha value is -3.09. The van der Waals surface area contributed by atoms with Gasteiger partial charge in [-0.1, -0.05) is 6.07 Å². The number of halogens is 1. The van der Waals surface area contributed by atoms with Gasteiger partial charge in [-0.15, -0.1) is 0 Å². The van der Waals surface area contributed by atoms with Crippen LogP contribution in [0.1, 0.15) is 17.5 Å². The van der Waals surface area contributed by atoms with Crippen molar-refractivity contribution in [1.29, 1.82) is 0 Å². The van der Waals surface area contributed by atoms with E-state index in [4.69, 9.17) is 5.73 Å². The van der Waals surface area contributed by atoms with E-state index in [9.17, 15) is 9.18 Å². The molecule has 7 heteroatoms. The molecule has 2 aromatic carbocycles. The number of guanidine groups is 1. The Morgan fingerprint density at radius 1 is 1.07 bits per heavy atom. The molecule has 0 unspecified atom stereocenters. The van der Waals surface area contributed by atoms with Gasteiger partial charge in [-0.25, -0.2) is 4.39 Å². The van der Waals surface area contributed by atoms with E-state index in [1.807, 2.05) is 30.9 Å². The Bertz CT molecular complexity index is 853. The number of nitrogens with one attached hydrogen (secondary N) is 1. The highest BCUT2D eigenvalue weighted by molar-refractivity contribution is 5.92. The lowest BCUT2D eigenvalue weighted by atomic mass is 10.1. The Morgan fingerprint density at radius 2 is 1.69 bits per heavy atom. The molecule has 3 N–H and O–H groups in total. The van der Waals surface area contributed by atoms with E-state index in [-0.39, 0.29) is 11.7 Å². The van der Waals surface area contributed by atoms with Crippen molar-refractivity contribution in [3.63, 3.8) is 0 Å². The number of benzene rings is 2. The van der Waals surface area contributed by atoms with Crippen molar-refractivity contribution in [2.24, 2.45) is 10.7 Å². The molecule has 6 nitrogen and oxygen atoms in total. The number of rotatable bonds is 5. The van der Waals surface area contributed by atoms with Crippen molar-refractivity contribution in [3.8, 4) is 0 Å². The van der Waals surface area contributed by atoms with Gasteiger partial charge in [0, 0.05) is 44.0 Å². The maximum atomic E-state index is 13.1. The van der Waals surface area contributed by atoms with Crippen LogP contribution in [0.25, 0.3) is 0 Å². The van der Waals surface area contributed by atoms with Crippen molar-refractivity contribution in [2.45, 2.75) is 20.3 Å². The minimum atomic E-state index is -0.241. The Morgan fingerprint density at radius 3 is 2.31 bits per heavy atom. The van der Waals surface area contributed by atoms with Gasteiger partial charge in [0.15, 0.2) is 5.96 Å². The zero-order chi connectivity index (χ0) is 20.8. The number of carbonyl (C=O) groups excluding carboxylic acids is 1. The number of aryl methyl sites for hydroxylation is 2. The third-order valence-electron chi connectivity index (χ3n) is 4.93. The molecule has 0 atom stereocenters. The van der Waals surface area contributed by atoms with Crippen molar-refractivity contribution < 1.29 is 9.18 Å². The maximum absolute atomic E-state index is 13.1. The molecular weight excluding hydrogens is 369 g/mol. The topological polar surface area (TPSA) is 74.0 Å². The summed E-state index contributed by atoms with van der Waals surface area (Å²) in [5.41, 5.74) is 10.1. The summed E-state index contributed by atoms with van der Waals surface area (Å²) in [6.45, 7) is 7.17. The quantitative estimate of drug-likeness (QED) is 0.601. The second-order valence-corrected chi connectivity index (χ2v) is 7.36. The first-order chi connectivity index (χ1) is 13.9. The van der Waals surface area contributed by atoms with Gasteiger partial charge in [0.25, 0.3) is 0 Å². The summed E-state index contributed by atoms with van der Waals surface area (Å²) in [5.74, 6) is 0.144. The third kappa shape index (κ3) is 5.94. The number of nitrogens with zero attached hydrogens (tertiary/aromatic N) is 3. The molecule has 1 aliphatic rings. The molecule has 29 heavy (non-hydrogen) atoms. The van der Waals surface area contributed by atoms with Crippen molar-refractivity contribution in [2.75, 3.05) is 42.9 Å². The van der Waals surface area contributed by atoms with Crippen LogP contribution in [-0.2, 0) is 4.79 Å². The molecule has 1 aliphatic heterocycles. The molecule has 3 rings (SSSR count). The van der Waals surface area contributed by atoms with E-state index >= 15 is 0 Å². The van der Waals surface area contributed by atoms with E-state index in [0.717, 1.165) is 35.6 Å². The number of amides is 1. The van der Waals surface area contributed by atoms with Gasteiger partial charge in [-0.05, 0) is 61.4 Å². The summed E-state index contributed by atoms with van der Waals surface area (Å²) in [7, 11) is 0. The van der Waals surface area contributed by atoms with E-state index in [0.29, 0.717) is 32.0 Å². The van der Waals surface area contributed by atoms with Gasteiger partial charge in [0.1, 0.15) is 5.82 Å². The van der Waals surface area contributed by atoms with Crippen LogP contribution in [0, 0.1) is 19.7 Å². The number of nitrogens with two attached hydrogens (primary N) is 1. The Labute approximate surface area is 171 Å². The number of carbonyl (C=O) groups is 1. The summed E-state index contributed by atoms with van der Waals surface area (Å²) >= 11 is 0. The smallest absolute Gasteiger partial charge is 0.224 e. The predicted octanol–water partition coefficient (Wildman–Crippen LogP) is 2.91. The third-order valence-corrected chi connectivity index (χ3v) is 4.93. The van der Waals surface area contributed by atoms with E-state index in [1.165, 1.54) is 12.1 Å². The van der Waals surface area contributed by atoms with Crippen molar-refractivity contribution in [1.82, 2.24) is 4.90 Å². The second-order valence-electron chi connectivity index (χ2n) is 7.36. The van der Waals surface area contributed by atoms with Gasteiger partial charge in [0.2, 0.25) is 5.91 Å². The van der Waals surface area contributed by atoms with Gasteiger partial charge in [0.05, 0.1) is 6.54 Å². The molecule has 1 heterocycles. The number of hydrogen-bond donors (Lipinski definition) is 2. The van der Waals surface area contributed by atoms with E-state index in [1.54, 1.807) is 12.1 Å². The van der Waals surface area contributed by atoms with E-state index in [2.05, 4.69) is 21.3 Å². The van der Waals surface area contributed by atoms with E-state index < -0.39 is 0 Å². The lowest BCUT2D eigenvalue weighted by Gasteiger charge is -2.36. The minimum Gasteiger partial charge on any atom is -0.370 e. The van der Waals surface area contributed by atoms with Crippen LogP contribution < -0.4 is 16.0 Å². The molecule has 0 bridgehead atoms. The zero-order valence-corrected chi connectivity index (χ0v) is 17.0. The Balaban J connectivity index is 1.43. The SMILES string of the molecule is Cc1cc(C)cc(NC(N)=NCCC(=O)N2CCN(c3ccc(F)cc3)CC2)c1. The van der Waals surface area contributed by atoms with Crippen LogP contribution >= 0.6 is 0 Å². The van der Waals surface area contributed by atoms with Crippen LogP contribution in [0.15, 0.2) is 47.5 Å². The molecule has 0 aromatic heterocycles. The lowest BCUT2D eigenvalue weighted by Crippen LogP contribution is -2.48. The fraction of sp³-hybridized carbons (Fsp3) is 0.364. The lowest BCUT2D eigenvalue weighted by molar-refractivity contribution is -0.131. The average molecular weight is 397 g/mol. The monoisotopic (exact) mass is 397 g/mol. The molecule has 1 saturated heterocycles. The molecular formula is C22H28FN5O. The summed E-state index contributed by atoms with van der Waals surface area (Å²) in [5, 5.41) is 3.07. The largest absolute Gasteiger partial charge is 0.370 e. The van der Waals surface area contributed by atoms with Gasteiger partial charge in [-0.3, -0.25) is 9.79 Å². The van der Waals surface area contributed by atoms with Gasteiger partial charge >= 0.3 is 0 Å². The summed E-state index contributed by atoms with van der Waals surface area (Å²) in [6, 6.07) is 12.6. The molecule has 1 fully saturated rings. The molecule has 0 spiro atoms. The number of piperazine rings is 1. The molecule has 0 radical (unpaired) electrons. The highest BCUT2D eigenvalue weighted by Crippen LogP contribution is 2.17. The summed E-state index contributed by atoms with van der Waals surface area (Å²) in [4.78, 5) is 20.7. The standard InChI is InChI=1S/C22H28FN5O/c1-16-13-17(2)15-19(14-16)26-22(24)25-8-7-21(29)28-11-9-27(10-12-28)20-5-3-18(23)4-6-20/h3-6,13-15H,7-12H2,1-2H3,(H3,24,25,26). The summed E-state index contributed by atoms with van der Waals surface area (Å²) in [6.07, 6.45) is 0.325. The minimum absolute atomic E-state index is 0.0757. The first kappa shape index (κ1) is 20.6. The highest BCUT2D eigenvalue weighted by atomic mass is 19.1. The Kier molecular flexibility index (Phi) is 6.69. The first-order valence-corrected chi connectivity index (χ1v) is 9.84. The molecule has 2 aromatic rings. The maximum Gasteiger partial charge on any atom is 0.224 e. The van der Waals surface area contributed by atoms with Crippen LogP contribution in [0.2, 0.25) is 0 Å². The number of aliphatic imine (C=N–C) groups is 1. The van der Waals surface area contributed by atoms with Crippen LogP contribution in [-0.4, -0.2) is 49.5 Å². The predicted molar refractivity (Wildman–Crippen MR) is 116 cm³/mol. The van der Waals surface area contributed by atoms with Gasteiger partial charge < -0.3 is 20.9 Å². The normalized spacial score (nSPS) is 14.8. The molecule has 0 saturated carbocycles. The van der Waals surface area contributed by atoms with Crippen LogP contribution in [0.4, 0.5) is 15.8 Å². The van der Waals surface area contributed by atoms with Gasteiger partial charge in [-0.2, -0.15) is 0 Å². The fourth-order valence-electron chi connectivity index (χ4n) is 3.53. The molecule has 154 valence electrons. The second kappa shape index (κ2) is 9.41. The van der Waals surface area contributed by atoms with Crippen LogP contribution in [0.3, 0.4) is 0 Å². The van der Waals surface area contributed by atoms with Crippen molar-refractivity contribution >= 4 is 23.2 Å². The van der Waals surface area contributed by atoms with Crippen LogP contribution in [0.5, 0.6) is 0 Å². The number of hydrogen-bond acceptors (Lipinski definition) is 3. The fourth-order valence-corrected chi connectivity index (χ4v) is 3.53. The molecule has 1 amide bonds. The number of anilines is 2. The summed E-state index contributed by atoms with van der Waals surface area (Å²) < 4.78 is 13.1. The molecule has 0 aliphatic carbocycles. The zero-order valence-electron chi connectivity index (χ0n) is 17.0. The van der Waals surface area contributed by atoms with Crippen molar-refractivity contribution in [3.05, 3.63) is 59.4 Å². The first-order valence-electron chi connectivity index (χ1n) is 9.84. The highest BCUT2D eigenvalue weighted by Gasteiger charge is 2.20.